The molecule has 1 aromatic carbocycles. The molecule has 0 atom stereocenters. The van der Waals surface area contributed by atoms with Gasteiger partial charge in [-0.25, -0.2) is 0 Å². The normalized spacial score (nSPS) is 22.6. The molecule has 0 spiro atoms. The van der Waals surface area contributed by atoms with Crippen LogP contribution < -0.4 is 5.32 Å². The molecule has 104 valence electrons. The molecule has 0 saturated heterocycles. The van der Waals surface area contributed by atoms with E-state index in [9.17, 15) is 0 Å². The SMILES string of the molecule is C=C(Nc1cccc2cccnc12)C1CCC(C)CC1. The summed E-state index contributed by atoms with van der Waals surface area (Å²) >= 11 is 0. The van der Waals surface area contributed by atoms with Crippen molar-refractivity contribution in [3.63, 3.8) is 0 Å². The zero-order valence-electron chi connectivity index (χ0n) is 12.1. The lowest BCUT2D eigenvalue weighted by Gasteiger charge is -2.28. The minimum absolute atomic E-state index is 0.602. The van der Waals surface area contributed by atoms with Gasteiger partial charge in [0.25, 0.3) is 0 Å². The number of hydrogen-bond acceptors (Lipinski definition) is 2. The minimum atomic E-state index is 0.602. The first-order valence-electron chi connectivity index (χ1n) is 7.53. The number of nitrogens with zero attached hydrogens (tertiary/aromatic N) is 1. The first kappa shape index (κ1) is 13.2. The Labute approximate surface area is 120 Å². The summed E-state index contributed by atoms with van der Waals surface area (Å²) in [5, 5.41) is 4.68. The maximum atomic E-state index is 4.49. The highest BCUT2D eigenvalue weighted by atomic mass is 14.9. The Hall–Kier alpha value is -1.83. The predicted molar refractivity (Wildman–Crippen MR) is 85.6 cm³/mol. The number of allylic oxidation sites excluding steroid dienone is 1. The van der Waals surface area contributed by atoms with Crippen LogP contribution in [0, 0.1) is 11.8 Å². The van der Waals surface area contributed by atoms with Crippen molar-refractivity contribution in [2.24, 2.45) is 11.8 Å². The Morgan fingerprint density at radius 1 is 1.15 bits per heavy atom. The van der Waals surface area contributed by atoms with E-state index in [1.165, 1.54) is 31.1 Å². The van der Waals surface area contributed by atoms with Gasteiger partial charge in [0.15, 0.2) is 0 Å². The molecule has 3 rings (SSSR count). The molecule has 2 heteroatoms. The fourth-order valence-electron chi connectivity index (χ4n) is 3.09. The Kier molecular flexibility index (Phi) is 3.72. The van der Waals surface area contributed by atoms with Gasteiger partial charge in [-0.3, -0.25) is 4.98 Å². The summed E-state index contributed by atoms with van der Waals surface area (Å²) in [6.07, 6.45) is 6.99. The van der Waals surface area contributed by atoms with Gasteiger partial charge in [-0.1, -0.05) is 44.5 Å². The van der Waals surface area contributed by atoms with Crippen molar-refractivity contribution in [2.45, 2.75) is 32.6 Å². The fraction of sp³-hybridized carbons (Fsp3) is 0.389. The van der Waals surface area contributed by atoms with Gasteiger partial charge in [0.2, 0.25) is 0 Å². The Morgan fingerprint density at radius 3 is 2.70 bits per heavy atom. The monoisotopic (exact) mass is 266 g/mol. The van der Waals surface area contributed by atoms with Crippen LogP contribution in [0.3, 0.4) is 0 Å². The molecule has 1 heterocycles. The third kappa shape index (κ3) is 2.69. The van der Waals surface area contributed by atoms with Crippen LogP contribution in [0.15, 0.2) is 48.8 Å². The predicted octanol–water partition coefficient (Wildman–Crippen LogP) is 4.99. The lowest BCUT2D eigenvalue weighted by Crippen LogP contribution is -2.17. The molecule has 1 aromatic heterocycles. The lowest BCUT2D eigenvalue weighted by molar-refractivity contribution is 0.322. The Bertz CT molecular complexity index is 604. The van der Waals surface area contributed by atoms with Crippen molar-refractivity contribution in [3.05, 3.63) is 48.8 Å². The highest BCUT2D eigenvalue weighted by molar-refractivity contribution is 5.90. The summed E-state index contributed by atoms with van der Waals surface area (Å²) in [5.74, 6) is 1.48. The van der Waals surface area contributed by atoms with Crippen LogP contribution in [-0.2, 0) is 0 Å². The second-order valence-electron chi connectivity index (χ2n) is 5.99. The van der Waals surface area contributed by atoms with E-state index in [2.05, 4.69) is 48.1 Å². The zero-order chi connectivity index (χ0) is 13.9. The summed E-state index contributed by atoms with van der Waals surface area (Å²) in [6.45, 7) is 6.61. The van der Waals surface area contributed by atoms with Gasteiger partial charge in [0.05, 0.1) is 11.2 Å². The van der Waals surface area contributed by atoms with Crippen LogP contribution in [0.25, 0.3) is 10.9 Å². The molecule has 0 radical (unpaired) electrons. The van der Waals surface area contributed by atoms with E-state index < -0.39 is 0 Å². The topological polar surface area (TPSA) is 24.9 Å². The molecule has 2 aromatic rings. The number of aromatic nitrogens is 1. The van der Waals surface area contributed by atoms with E-state index in [1.807, 2.05) is 12.3 Å². The van der Waals surface area contributed by atoms with Crippen molar-refractivity contribution in [1.29, 1.82) is 0 Å². The smallest absolute Gasteiger partial charge is 0.0936 e. The van der Waals surface area contributed by atoms with E-state index in [1.54, 1.807) is 0 Å². The van der Waals surface area contributed by atoms with Crippen LogP contribution in [0.2, 0.25) is 0 Å². The van der Waals surface area contributed by atoms with Crippen molar-refractivity contribution < 1.29 is 0 Å². The van der Waals surface area contributed by atoms with Crippen LogP contribution in [0.5, 0.6) is 0 Å². The molecule has 0 aliphatic heterocycles. The number of benzene rings is 1. The maximum Gasteiger partial charge on any atom is 0.0936 e. The van der Waals surface area contributed by atoms with Crippen LogP contribution in [-0.4, -0.2) is 4.98 Å². The Balaban J connectivity index is 1.77. The standard InChI is InChI=1S/C18H22N2/c1-13-8-10-15(11-9-13)14(2)20-17-7-3-5-16-6-4-12-19-18(16)17/h3-7,12-13,15,20H,2,8-11H2,1H3. The zero-order valence-corrected chi connectivity index (χ0v) is 12.1. The summed E-state index contributed by atoms with van der Waals surface area (Å²) in [7, 11) is 0. The molecular weight excluding hydrogens is 244 g/mol. The number of rotatable bonds is 3. The third-order valence-electron chi connectivity index (χ3n) is 4.44. The number of anilines is 1. The minimum Gasteiger partial charge on any atom is -0.357 e. The van der Waals surface area contributed by atoms with Crippen molar-refractivity contribution in [2.75, 3.05) is 5.32 Å². The van der Waals surface area contributed by atoms with E-state index >= 15 is 0 Å². The van der Waals surface area contributed by atoms with E-state index in [0.717, 1.165) is 22.8 Å². The number of hydrogen-bond donors (Lipinski definition) is 1. The number of para-hydroxylation sites is 1. The summed E-state index contributed by atoms with van der Waals surface area (Å²) in [4.78, 5) is 4.49. The van der Waals surface area contributed by atoms with Gasteiger partial charge in [-0.05, 0) is 36.8 Å². The summed E-state index contributed by atoms with van der Waals surface area (Å²) in [5.41, 5.74) is 3.25. The van der Waals surface area contributed by atoms with Gasteiger partial charge in [-0.2, -0.15) is 0 Å². The van der Waals surface area contributed by atoms with Gasteiger partial charge in [0.1, 0.15) is 0 Å². The third-order valence-corrected chi connectivity index (χ3v) is 4.44. The van der Waals surface area contributed by atoms with Crippen LogP contribution in [0.4, 0.5) is 5.69 Å². The van der Waals surface area contributed by atoms with Crippen LogP contribution >= 0.6 is 0 Å². The molecule has 2 nitrogen and oxygen atoms in total. The number of pyridine rings is 1. The molecule has 0 unspecified atom stereocenters. The molecule has 1 saturated carbocycles. The summed E-state index contributed by atoms with van der Waals surface area (Å²) in [6, 6.07) is 10.3. The summed E-state index contributed by atoms with van der Waals surface area (Å²) < 4.78 is 0. The van der Waals surface area contributed by atoms with E-state index in [0.29, 0.717) is 5.92 Å². The van der Waals surface area contributed by atoms with E-state index in [-0.39, 0.29) is 0 Å². The van der Waals surface area contributed by atoms with Crippen molar-refractivity contribution in [3.8, 4) is 0 Å². The molecule has 1 aliphatic carbocycles. The second kappa shape index (κ2) is 5.66. The van der Waals surface area contributed by atoms with Gasteiger partial charge < -0.3 is 5.32 Å². The maximum absolute atomic E-state index is 4.49. The average molecular weight is 266 g/mol. The molecule has 1 aliphatic rings. The van der Waals surface area contributed by atoms with Crippen LogP contribution in [0.1, 0.15) is 32.6 Å². The Morgan fingerprint density at radius 2 is 1.90 bits per heavy atom. The molecule has 20 heavy (non-hydrogen) atoms. The van der Waals surface area contributed by atoms with E-state index in [4.69, 9.17) is 0 Å². The number of nitrogens with one attached hydrogen (secondary N) is 1. The quantitative estimate of drug-likeness (QED) is 0.846. The van der Waals surface area contributed by atoms with Gasteiger partial charge in [0, 0.05) is 17.3 Å². The largest absolute Gasteiger partial charge is 0.357 e. The highest BCUT2D eigenvalue weighted by Gasteiger charge is 2.20. The molecular formula is C18H22N2. The molecule has 1 N–H and O–H groups in total. The fourth-order valence-corrected chi connectivity index (χ4v) is 3.09. The number of fused-ring (bicyclic) bond motifs is 1. The molecule has 0 amide bonds. The second-order valence-corrected chi connectivity index (χ2v) is 5.99. The highest BCUT2D eigenvalue weighted by Crippen LogP contribution is 2.33. The van der Waals surface area contributed by atoms with Gasteiger partial charge >= 0.3 is 0 Å². The molecule has 0 bridgehead atoms. The first-order valence-corrected chi connectivity index (χ1v) is 7.53. The van der Waals surface area contributed by atoms with Gasteiger partial charge in [-0.15, -0.1) is 0 Å². The lowest BCUT2D eigenvalue weighted by atomic mass is 9.81. The first-order chi connectivity index (χ1) is 9.74. The van der Waals surface area contributed by atoms with Crippen molar-refractivity contribution in [1.82, 2.24) is 4.98 Å². The average Bonchev–Trinajstić information content (AvgIpc) is 2.48. The van der Waals surface area contributed by atoms with Crippen molar-refractivity contribution >= 4 is 16.6 Å². The molecule has 1 fully saturated rings.